The quantitative estimate of drug-likeness (QED) is 0.884. The predicted octanol–water partition coefficient (Wildman–Crippen LogP) is 2.35. The summed E-state index contributed by atoms with van der Waals surface area (Å²) in [5.41, 5.74) is 3.70. The van der Waals surface area contributed by atoms with Gasteiger partial charge in [0.25, 0.3) is 0 Å². The fourth-order valence-corrected chi connectivity index (χ4v) is 2.10. The first kappa shape index (κ1) is 12.7. The molecule has 3 heteroatoms. The lowest BCUT2D eigenvalue weighted by Crippen LogP contribution is -2.12. The van der Waals surface area contributed by atoms with Crippen LogP contribution in [0.2, 0.25) is 0 Å². The minimum atomic E-state index is -0.612. The second-order valence-corrected chi connectivity index (χ2v) is 4.76. The molecule has 0 heterocycles. The molecule has 1 unspecified atom stereocenters. The molecule has 0 radical (unpaired) electrons. The molecular weight excluding hydrogens is 256 g/mol. The molecular formula is C12H17BrO2. The van der Waals surface area contributed by atoms with Gasteiger partial charge in [0.15, 0.2) is 0 Å². The topological polar surface area (TPSA) is 40.5 Å². The minimum absolute atomic E-state index is 0.164. The van der Waals surface area contributed by atoms with Crippen molar-refractivity contribution in [2.24, 2.45) is 0 Å². The summed E-state index contributed by atoms with van der Waals surface area (Å²) in [6.45, 7) is 3.99. The van der Waals surface area contributed by atoms with Gasteiger partial charge in [-0.2, -0.15) is 0 Å². The summed E-state index contributed by atoms with van der Waals surface area (Å²) in [5, 5.41) is 18.0. The number of aliphatic hydroxyl groups excluding tert-OH is 2. The van der Waals surface area contributed by atoms with Crippen LogP contribution in [0.15, 0.2) is 16.6 Å². The van der Waals surface area contributed by atoms with Gasteiger partial charge in [0.1, 0.15) is 0 Å². The SMILES string of the molecule is Cc1cc(Br)c(CCC(O)CO)cc1C. The van der Waals surface area contributed by atoms with Crippen molar-refractivity contribution in [2.45, 2.75) is 32.8 Å². The standard InChI is InChI=1S/C12H17BrO2/c1-8-5-10(3-4-11(15)7-14)12(13)6-9(8)2/h5-6,11,14-15H,3-4,7H2,1-2H3. The molecule has 0 aliphatic rings. The highest BCUT2D eigenvalue weighted by atomic mass is 79.9. The molecule has 0 aliphatic heterocycles. The average Bonchev–Trinajstić information content (AvgIpc) is 2.21. The number of hydrogen-bond acceptors (Lipinski definition) is 2. The van der Waals surface area contributed by atoms with E-state index < -0.39 is 6.10 Å². The maximum absolute atomic E-state index is 9.27. The Hall–Kier alpha value is -0.380. The van der Waals surface area contributed by atoms with Gasteiger partial charge in [0.05, 0.1) is 12.7 Å². The zero-order valence-electron chi connectivity index (χ0n) is 9.13. The predicted molar refractivity (Wildman–Crippen MR) is 65.0 cm³/mol. The van der Waals surface area contributed by atoms with Crippen LogP contribution in [0.5, 0.6) is 0 Å². The third-order valence-electron chi connectivity index (χ3n) is 2.62. The Labute approximate surface area is 99.1 Å². The van der Waals surface area contributed by atoms with E-state index >= 15 is 0 Å². The van der Waals surface area contributed by atoms with E-state index in [1.165, 1.54) is 16.7 Å². The van der Waals surface area contributed by atoms with Crippen LogP contribution < -0.4 is 0 Å². The van der Waals surface area contributed by atoms with Crippen molar-refractivity contribution in [3.05, 3.63) is 33.3 Å². The van der Waals surface area contributed by atoms with E-state index in [4.69, 9.17) is 5.11 Å². The van der Waals surface area contributed by atoms with Crippen LogP contribution >= 0.6 is 15.9 Å². The smallest absolute Gasteiger partial charge is 0.0774 e. The molecule has 1 atom stereocenters. The van der Waals surface area contributed by atoms with Crippen molar-refractivity contribution in [1.29, 1.82) is 0 Å². The van der Waals surface area contributed by atoms with Gasteiger partial charge in [-0.3, -0.25) is 0 Å². The van der Waals surface area contributed by atoms with E-state index in [1.54, 1.807) is 0 Å². The summed E-state index contributed by atoms with van der Waals surface area (Å²) in [6.07, 6.45) is 0.764. The van der Waals surface area contributed by atoms with Crippen molar-refractivity contribution in [1.82, 2.24) is 0 Å². The van der Waals surface area contributed by atoms with Crippen LogP contribution in [0.3, 0.4) is 0 Å². The average molecular weight is 273 g/mol. The fraction of sp³-hybridized carbons (Fsp3) is 0.500. The zero-order chi connectivity index (χ0) is 11.4. The van der Waals surface area contributed by atoms with Crippen LogP contribution in [0, 0.1) is 13.8 Å². The first-order valence-corrected chi connectivity index (χ1v) is 5.88. The van der Waals surface area contributed by atoms with Crippen molar-refractivity contribution in [2.75, 3.05) is 6.61 Å². The molecule has 0 aliphatic carbocycles. The number of rotatable bonds is 4. The Bertz CT molecular complexity index is 337. The fourth-order valence-electron chi connectivity index (χ4n) is 1.45. The van der Waals surface area contributed by atoms with Gasteiger partial charge in [-0.15, -0.1) is 0 Å². The summed E-state index contributed by atoms with van der Waals surface area (Å²) in [5.74, 6) is 0. The Morgan fingerprint density at radius 2 is 1.87 bits per heavy atom. The molecule has 15 heavy (non-hydrogen) atoms. The third kappa shape index (κ3) is 3.59. The van der Waals surface area contributed by atoms with Gasteiger partial charge in [-0.05, 0) is 49.4 Å². The molecule has 1 rings (SSSR count). The van der Waals surface area contributed by atoms with Crippen LogP contribution in [-0.4, -0.2) is 22.9 Å². The van der Waals surface area contributed by atoms with Crippen LogP contribution in [-0.2, 0) is 6.42 Å². The molecule has 0 fully saturated rings. The monoisotopic (exact) mass is 272 g/mol. The van der Waals surface area contributed by atoms with E-state index in [0.717, 1.165) is 10.9 Å². The van der Waals surface area contributed by atoms with E-state index in [-0.39, 0.29) is 6.61 Å². The largest absolute Gasteiger partial charge is 0.394 e. The molecule has 0 amide bonds. The lowest BCUT2D eigenvalue weighted by atomic mass is 10.0. The molecule has 0 aromatic heterocycles. The number of benzene rings is 1. The van der Waals surface area contributed by atoms with Gasteiger partial charge in [-0.25, -0.2) is 0 Å². The maximum atomic E-state index is 9.27. The molecule has 0 spiro atoms. The highest BCUT2D eigenvalue weighted by molar-refractivity contribution is 9.10. The summed E-state index contributed by atoms with van der Waals surface area (Å²) in [4.78, 5) is 0. The van der Waals surface area contributed by atoms with Gasteiger partial charge in [0.2, 0.25) is 0 Å². The van der Waals surface area contributed by atoms with E-state index in [0.29, 0.717) is 6.42 Å². The van der Waals surface area contributed by atoms with Crippen molar-refractivity contribution in [3.63, 3.8) is 0 Å². The highest BCUT2D eigenvalue weighted by Gasteiger charge is 2.06. The van der Waals surface area contributed by atoms with Crippen LogP contribution in [0.4, 0.5) is 0 Å². The van der Waals surface area contributed by atoms with Crippen LogP contribution in [0.25, 0.3) is 0 Å². The Kier molecular flexibility index (Phi) is 4.77. The second-order valence-electron chi connectivity index (χ2n) is 3.90. The minimum Gasteiger partial charge on any atom is -0.394 e. The molecule has 84 valence electrons. The number of hydrogen-bond donors (Lipinski definition) is 2. The normalized spacial score (nSPS) is 12.9. The van der Waals surface area contributed by atoms with E-state index in [9.17, 15) is 5.11 Å². The first-order valence-electron chi connectivity index (χ1n) is 5.09. The van der Waals surface area contributed by atoms with E-state index in [2.05, 4.69) is 41.9 Å². The molecule has 0 bridgehead atoms. The molecule has 0 saturated carbocycles. The summed E-state index contributed by atoms with van der Waals surface area (Å²) in [7, 11) is 0. The second kappa shape index (κ2) is 5.64. The van der Waals surface area contributed by atoms with Gasteiger partial charge in [-0.1, -0.05) is 22.0 Å². The zero-order valence-corrected chi connectivity index (χ0v) is 10.7. The number of halogens is 1. The molecule has 2 nitrogen and oxygen atoms in total. The molecule has 1 aromatic carbocycles. The molecule has 1 aromatic rings. The summed E-state index contributed by atoms with van der Waals surface area (Å²) in [6, 6.07) is 4.22. The number of aryl methyl sites for hydroxylation is 3. The van der Waals surface area contributed by atoms with Crippen molar-refractivity contribution in [3.8, 4) is 0 Å². The summed E-state index contributed by atoms with van der Waals surface area (Å²) >= 11 is 3.51. The Morgan fingerprint density at radius 1 is 1.27 bits per heavy atom. The maximum Gasteiger partial charge on any atom is 0.0774 e. The van der Waals surface area contributed by atoms with Gasteiger partial charge in [0, 0.05) is 4.47 Å². The van der Waals surface area contributed by atoms with Gasteiger partial charge < -0.3 is 10.2 Å². The molecule has 2 N–H and O–H groups in total. The molecule has 0 saturated heterocycles. The lowest BCUT2D eigenvalue weighted by molar-refractivity contribution is 0.0885. The van der Waals surface area contributed by atoms with Crippen LogP contribution in [0.1, 0.15) is 23.1 Å². The Balaban J connectivity index is 2.73. The van der Waals surface area contributed by atoms with Crippen molar-refractivity contribution >= 4 is 15.9 Å². The Morgan fingerprint density at radius 3 is 2.47 bits per heavy atom. The number of aliphatic hydroxyl groups is 2. The lowest BCUT2D eigenvalue weighted by Gasteiger charge is -2.10. The van der Waals surface area contributed by atoms with E-state index in [1.807, 2.05) is 0 Å². The van der Waals surface area contributed by atoms with Crippen molar-refractivity contribution < 1.29 is 10.2 Å². The third-order valence-corrected chi connectivity index (χ3v) is 3.36. The summed E-state index contributed by atoms with van der Waals surface area (Å²) < 4.78 is 1.08. The first-order chi connectivity index (χ1) is 7.04. The highest BCUT2D eigenvalue weighted by Crippen LogP contribution is 2.23. The van der Waals surface area contributed by atoms with Gasteiger partial charge >= 0.3 is 0 Å².